The zero-order valence-electron chi connectivity index (χ0n) is 6.47. The summed E-state index contributed by atoms with van der Waals surface area (Å²) in [5.41, 5.74) is 6.58. The van der Waals surface area contributed by atoms with E-state index in [-0.39, 0.29) is 5.82 Å². The van der Waals surface area contributed by atoms with Gasteiger partial charge in [0.25, 0.3) is 0 Å². The molecule has 11 heavy (non-hydrogen) atoms. The number of halogens is 1. The Kier molecular flexibility index (Phi) is 2.54. The summed E-state index contributed by atoms with van der Waals surface area (Å²) in [6.07, 6.45) is 2.16. The van der Waals surface area contributed by atoms with Gasteiger partial charge in [-0.25, -0.2) is 4.39 Å². The molecule has 0 aromatic carbocycles. The molecule has 3 heteroatoms. The molecule has 2 N–H and O–H groups in total. The van der Waals surface area contributed by atoms with Crippen LogP contribution < -0.4 is 5.73 Å². The topological polar surface area (TPSA) is 38.9 Å². The smallest absolute Gasteiger partial charge is 0.129 e. The van der Waals surface area contributed by atoms with E-state index in [1.54, 1.807) is 6.92 Å². The Morgan fingerprint density at radius 1 is 1.64 bits per heavy atom. The first-order valence-electron chi connectivity index (χ1n) is 3.55. The lowest BCUT2D eigenvalue weighted by Gasteiger charge is -1.99. The second kappa shape index (κ2) is 3.44. The molecule has 0 aliphatic carbocycles. The molecule has 1 heterocycles. The van der Waals surface area contributed by atoms with Gasteiger partial charge in [-0.15, -0.1) is 0 Å². The van der Waals surface area contributed by atoms with E-state index in [0.717, 1.165) is 5.69 Å². The average molecular weight is 154 g/mol. The van der Waals surface area contributed by atoms with Crippen molar-refractivity contribution >= 4 is 0 Å². The van der Waals surface area contributed by atoms with Crippen LogP contribution in [-0.4, -0.2) is 11.5 Å². The maximum atomic E-state index is 12.8. The average Bonchev–Trinajstić information content (AvgIpc) is 1.98. The van der Waals surface area contributed by atoms with Gasteiger partial charge in [0.05, 0.1) is 0 Å². The molecular weight excluding hydrogens is 143 g/mol. The largest absolute Gasteiger partial charge is 0.330 e. The van der Waals surface area contributed by atoms with E-state index in [1.165, 1.54) is 12.3 Å². The van der Waals surface area contributed by atoms with E-state index in [4.69, 9.17) is 5.73 Å². The Hall–Kier alpha value is -0.960. The molecule has 0 aliphatic heterocycles. The van der Waals surface area contributed by atoms with Crippen LogP contribution in [0.3, 0.4) is 0 Å². The van der Waals surface area contributed by atoms with Crippen molar-refractivity contribution < 1.29 is 4.39 Å². The van der Waals surface area contributed by atoms with Crippen LogP contribution in [0.1, 0.15) is 11.3 Å². The van der Waals surface area contributed by atoms with Gasteiger partial charge in [0.15, 0.2) is 0 Å². The highest BCUT2D eigenvalue weighted by molar-refractivity contribution is 5.15. The molecule has 0 radical (unpaired) electrons. The lowest BCUT2D eigenvalue weighted by atomic mass is 10.2. The standard InChI is InChI=1S/C8H11FN2/c1-6-5-11-7(2-3-10)4-8(6)9/h4-5H,2-3,10H2,1H3. The molecular formula is C8H11FN2. The predicted molar refractivity (Wildman–Crippen MR) is 41.7 cm³/mol. The van der Waals surface area contributed by atoms with Gasteiger partial charge in [0, 0.05) is 23.9 Å². The number of hydrogen-bond acceptors (Lipinski definition) is 2. The molecule has 2 nitrogen and oxygen atoms in total. The first kappa shape index (κ1) is 8.14. The van der Waals surface area contributed by atoms with Crippen LogP contribution in [0.5, 0.6) is 0 Å². The number of aromatic nitrogens is 1. The summed E-state index contributed by atoms with van der Waals surface area (Å²) in [5.74, 6) is -0.205. The monoisotopic (exact) mass is 154 g/mol. The first-order chi connectivity index (χ1) is 5.24. The second-order valence-electron chi connectivity index (χ2n) is 2.46. The van der Waals surface area contributed by atoms with Gasteiger partial charge in [-0.3, -0.25) is 4.98 Å². The van der Waals surface area contributed by atoms with Crippen LogP contribution in [-0.2, 0) is 6.42 Å². The van der Waals surface area contributed by atoms with Crippen LogP contribution in [0, 0.1) is 12.7 Å². The SMILES string of the molecule is Cc1cnc(CCN)cc1F. The lowest BCUT2D eigenvalue weighted by Crippen LogP contribution is -2.04. The predicted octanol–water partition coefficient (Wildman–Crippen LogP) is 1.03. The van der Waals surface area contributed by atoms with Crippen LogP contribution in [0.15, 0.2) is 12.3 Å². The van der Waals surface area contributed by atoms with Crippen molar-refractivity contribution in [3.8, 4) is 0 Å². The van der Waals surface area contributed by atoms with Crippen molar-refractivity contribution in [3.63, 3.8) is 0 Å². The van der Waals surface area contributed by atoms with Crippen molar-refractivity contribution in [2.45, 2.75) is 13.3 Å². The quantitative estimate of drug-likeness (QED) is 0.691. The Morgan fingerprint density at radius 2 is 2.36 bits per heavy atom. The van der Waals surface area contributed by atoms with E-state index >= 15 is 0 Å². The number of hydrogen-bond donors (Lipinski definition) is 1. The van der Waals surface area contributed by atoms with Crippen LogP contribution >= 0.6 is 0 Å². The summed E-state index contributed by atoms with van der Waals surface area (Å²) in [6.45, 7) is 2.20. The highest BCUT2D eigenvalue weighted by atomic mass is 19.1. The third-order valence-corrected chi connectivity index (χ3v) is 1.49. The Morgan fingerprint density at radius 3 is 2.91 bits per heavy atom. The molecule has 0 unspecified atom stereocenters. The van der Waals surface area contributed by atoms with Gasteiger partial charge >= 0.3 is 0 Å². The summed E-state index contributed by atoms with van der Waals surface area (Å²) in [5, 5.41) is 0. The molecule has 1 rings (SSSR count). The maximum Gasteiger partial charge on any atom is 0.129 e. The Bertz CT molecular complexity index is 248. The van der Waals surface area contributed by atoms with Crippen molar-refractivity contribution in [2.24, 2.45) is 5.73 Å². The van der Waals surface area contributed by atoms with Gasteiger partial charge in [0.1, 0.15) is 5.82 Å². The Labute approximate surface area is 65.3 Å². The zero-order chi connectivity index (χ0) is 8.27. The van der Waals surface area contributed by atoms with Crippen molar-refractivity contribution in [2.75, 3.05) is 6.54 Å². The van der Waals surface area contributed by atoms with Crippen LogP contribution in [0.4, 0.5) is 4.39 Å². The first-order valence-corrected chi connectivity index (χ1v) is 3.55. The number of pyridine rings is 1. The van der Waals surface area contributed by atoms with Crippen molar-refractivity contribution in [3.05, 3.63) is 29.3 Å². The van der Waals surface area contributed by atoms with Crippen LogP contribution in [0.25, 0.3) is 0 Å². The van der Waals surface area contributed by atoms with E-state index in [2.05, 4.69) is 4.98 Å². The molecule has 0 saturated heterocycles. The molecule has 60 valence electrons. The zero-order valence-corrected chi connectivity index (χ0v) is 6.47. The van der Waals surface area contributed by atoms with Gasteiger partial charge < -0.3 is 5.73 Å². The normalized spacial score (nSPS) is 10.1. The van der Waals surface area contributed by atoms with Crippen molar-refractivity contribution in [1.82, 2.24) is 4.98 Å². The molecule has 0 spiro atoms. The molecule has 1 aromatic heterocycles. The van der Waals surface area contributed by atoms with Crippen molar-refractivity contribution in [1.29, 1.82) is 0 Å². The number of aryl methyl sites for hydroxylation is 1. The number of nitrogens with two attached hydrogens (primary N) is 1. The minimum atomic E-state index is -0.205. The summed E-state index contributed by atoms with van der Waals surface area (Å²) in [6, 6.07) is 1.43. The molecule has 0 saturated carbocycles. The fraction of sp³-hybridized carbons (Fsp3) is 0.375. The maximum absolute atomic E-state index is 12.8. The molecule has 1 aromatic rings. The van der Waals surface area contributed by atoms with E-state index < -0.39 is 0 Å². The van der Waals surface area contributed by atoms with Gasteiger partial charge in [-0.1, -0.05) is 0 Å². The minimum absolute atomic E-state index is 0.205. The fourth-order valence-electron chi connectivity index (χ4n) is 0.823. The summed E-state index contributed by atoms with van der Waals surface area (Å²) in [7, 11) is 0. The summed E-state index contributed by atoms with van der Waals surface area (Å²) in [4.78, 5) is 4.01. The molecule has 0 bridgehead atoms. The van der Waals surface area contributed by atoms with Crippen LogP contribution in [0.2, 0.25) is 0 Å². The summed E-state index contributed by atoms with van der Waals surface area (Å²) >= 11 is 0. The van der Waals surface area contributed by atoms with E-state index in [1.807, 2.05) is 0 Å². The van der Waals surface area contributed by atoms with E-state index in [0.29, 0.717) is 18.5 Å². The second-order valence-corrected chi connectivity index (χ2v) is 2.46. The van der Waals surface area contributed by atoms with Gasteiger partial charge in [0.2, 0.25) is 0 Å². The third kappa shape index (κ3) is 1.98. The Balaban J connectivity index is 2.86. The lowest BCUT2D eigenvalue weighted by molar-refractivity contribution is 0.612. The van der Waals surface area contributed by atoms with Gasteiger partial charge in [-0.05, 0) is 19.5 Å². The third-order valence-electron chi connectivity index (χ3n) is 1.49. The summed E-state index contributed by atoms with van der Waals surface area (Å²) < 4.78 is 12.8. The number of nitrogens with zero attached hydrogens (tertiary/aromatic N) is 1. The molecule has 0 atom stereocenters. The highest BCUT2D eigenvalue weighted by Crippen LogP contribution is 2.05. The molecule has 0 amide bonds. The van der Waals surface area contributed by atoms with Gasteiger partial charge in [-0.2, -0.15) is 0 Å². The highest BCUT2D eigenvalue weighted by Gasteiger charge is 1.98. The molecule has 0 aliphatic rings. The minimum Gasteiger partial charge on any atom is -0.330 e. The molecule has 0 fully saturated rings. The van der Waals surface area contributed by atoms with E-state index in [9.17, 15) is 4.39 Å². The number of rotatable bonds is 2. The fourth-order valence-corrected chi connectivity index (χ4v) is 0.823.